The second kappa shape index (κ2) is 8.99. The van der Waals surface area contributed by atoms with Crippen molar-refractivity contribution < 1.29 is 0 Å². The Bertz CT molecular complexity index is 2050. The van der Waals surface area contributed by atoms with E-state index in [1.165, 1.54) is 10.8 Å². The minimum absolute atomic E-state index is 0.531. The molecule has 6 heteroatoms. The monoisotopic (exact) mass is 514 g/mol. The van der Waals surface area contributed by atoms with Crippen LogP contribution in [0.25, 0.3) is 67.6 Å². The van der Waals surface area contributed by atoms with Crippen molar-refractivity contribution in [3.63, 3.8) is 0 Å². The van der Waals surface area contributed by atoms with Crippen LogP contribution in [0.5, 0.6) is 0 Å². The molecule has 0 aliphatic heterocycles. The first kappa shape index (κ1) is 22.4. The number of hydrogen-bond donors (Lipinski definition) is 0. The molecule has 0 aliphatic rings. The van der Waals surface area contributed by atoms with Gasteiger partial charge in [0.05, 0.1) is 16.6 Å². The molecule has 40 heavy (non-hydrogen) atoms. The predicted molar refractivity (Wildman–Crippen MR) is 159 cm³/mol. The first-order valence-corrected chi connectivity index (χ1v) is 13.2. The molecule has 0 unspecified atom stereocenters. The summed E-state index contributed by atoms with van der Waals surface area (Å²) in [6.45, 7) is 0. The van der Waals surface area contributed by atoms with E-state index in [1.54, 1.807) is 0 Å². The molecule has 0 aliphatic carbocycles. The quantitative estimate of drug-likeness (QED) is 0.242. The molecule has 0 saturated carbocycles. The van der Waals surface area contributed by atoms with Gasteiger partial charge in [-0.25, -0.2) is 19.9 Å². The molecule has 0 amide bonds. The van der Waals surface area contributed by atoms with Crippen molar-refractivity contribution in [1.82, 2.24) is 28.9 Å². The summed E-state index contributed by atoms with van der Waals surface area (Å²) in [7, 11) is 0. The number of para-hydroxylation sites is 2. The Morgan fingerprint density at radius 1 is 0.400 bits per heavy atom. The van der Waals surface area contributed by atoms with Gasteiger partial charge in [-0.2, -0.15) is 0 Å². The Morgan fingerprint density at radius 2 is 0.875 bits per heavy atom. The van der Waals surface area contributed by atoms with Crippen LogP contribution in [0.15, 0.2) is 134 Å². The molecule has 0 saturated heterocycles. The smallest absolute Gasteiger partial charge is 0.220 e. The second-order valence-electron chi connectivity index (χ2n) is 9.62. The number of fused-ring (bicyclic) bond motifs is 4. The lowest BCUT2D eigenvalue weighted by Crippen LogP contribution is -2.01. The summed E-state index contributed by atoms with van der Waals surface area (Å²) in [5.74, 6) is 2.54. The topological polar surface area (TPSA) is 60.9 Å². The molecular formula is C34H22N6. The fraction of sp³-hybridized carbons (Fsp3) is 0. The number of imidazole rings is 1. The van der Waals surface area contributed by atoms with Crippen molar-refractivity contribution in [2.24, 2.45) is 0 Å². The highest BCUT2D eigenvalue weighted by atomic mass is 15.2. The number of rotatable bonds is 4. The molecule has 4 aromatic heterocycles. The van der Waals surface area contributed by atoms with Gasteiger partial charge in [0.15, 0.2) is 17.5 Å². The Kier molecular flexibility index (Phi) is 5.03. The largest absolute Gasteiger partial charge is 0.285 e. The number of nitrogens with zero attached hydrogens (tertiary/aromatic N) is 6. The summed E-state index contributed by atoms with van der Waals surface area (Å²) >= 11 is 0. The summed E-state index contributed by atoms with van der Waals surface area (Å²) in [4.78, 5) is 20.0. The van der Waals surface area contributed by atoms with Crippen LogP contribution in [0.3, 0.4) is 0 Å². The van der Waals surface area contributed by atoms with Crippen LogP contribution < -0.4 is 0 Å². The van der Waals surface area contributed by atoms with E-state index in [4.69, 9.17) is 19.9 Å². The summed E-state index contributed by atoms with van der Waals surface area (Å²) in [5.41, 5.74) is 5.66. The molecule has 0 bridgehead atoms. The molecular weight excluding hydrogens is 492 g/mol. The first-order valence-electron chi connectivity index (χ1n) is 13.2. The summed E-state index contributed by atoms with van der Waals surface area (Å²) in [5, 5.41) is 2.37. The fourth-order valence-corrected chi connectivity index (χ4v) is 5.40. The van der Waals surface area contributed by atoms with Crippen molar-refractivity contribution in [2.75, 3.05) is 0 Å². The third-order valence-corrected chi connectivity index (χ3v) is 7.22. The van der Waals surface area contributed by atoms with Crippen LogP contribution >= 0.6 is 0 Å². The van der Waals surface area contributed by atoms with Crippen LogP contribution in [0.4, 0.5) is 0 Å². The maximum atomic E-state index is 5.25. The van der Waals surface area contributed by atoms with Crippen LogP contribution in [0.1, 0.15) is 0 Å². The van der Waals surface area contributed by atoms with Gasteiger partial charge in [-0.15, -0.1) is 0 Å². The lowest BCUT2D eigenvalue weighted by atomic mass is 10.2. The van der Waals surface area contributed by atoms with Gasteiger partial charge in [-0.3, -0.25) is 8.97 Å². The molecule has 0 N–H and O–H groups in total. The highest BCUT2D eigenvalue weighted by Gasteiger charge is 2.21. The van der Waals surface area contributed by atoms with Crippen LogP contribution in [-0.4, -0.2) is 28.9 Å². The van der Waals surface area contributed by atoms with Gasteiger partial charge in [0.2, 0.25) is 5.95 Å². The van der Waals surface area contributed by atoms with Crippen LogP contribution in [0, 0.1) is 0 Å². The summed E-state index contributed by atoms with van der Waals surface area (Å²) in [6.07, 6.45) is 2.04. The first-order chi connectivity index (χ1) is 19.8. The maximum Gasteiger partial charge on any atom is 0.220 e. The van der Waals surface area contributed by atoms with E-state index in [9.17, 15) is 0 Å². The molecule has 8 rings (SSSR count). The Morgan fingerprint density at radius 3 is 1.48 bits per heavy atom. The van der Waals surface area contributed by atoms with Gasteiger partial charge in [0.1, 0.15) is 5.69 Å². The van der Waals surface area contributed by atoms with Gasteiger partial charge < -0.3 is 0 Å². The van der Waals surface area contributed by atoms with E-state index < -0.39 is 0 Å². The third kappa shape index (κ3) is 3.50. The lowest BCUT2D eigenvalue weighted by Gasteiger charge is -2.07. The van der Waals surface area contributed by atoms with Crippen molar-refractivity contribution in [3.8, 4) is 40.2 Å². The average molecular weight is 515 g/mol. The standard InChI is InChI=1S/C34H22N6/c1-3-13-23(14-4-1)31-36-32(24-15-5-2-6-16-24)38-33(37-31)30-29-21-11-12-22-39(29)34(35-30)40-27-19-9-7-17-25(27)26-18-8-10-20-28(26)40/h1-22H. The van der Waals surface area contributed by atoms with Crippen molar-refractivity contribution in [2.45, 2.75) is 0 Å². The van der Waals surface area contributed by atoms with E-state index in [2.05, 4.69) is 63.6 Å². The summed E-state index contributed by atoms with van der Waals surface area (Å²) in [6, 6.07) is 43.0. The van der Waals surface area contributed by atoms with Gasteiger partial charge in [-0.1, -0.05) is 103 Å². The number of hydrogen-bond acceptors (Lipinski definition) is 4. The molecule has 8 aromatic rings. The fourth-order valence-electron chi connectivity index (χ4n) is 5.40. The third-order valence-electron chi connectivity index (χ3n) is 7.22. The minimum Gasteiger partial charge on any atom is -0.285 e. The molecule has 0 atom stereocenters. The zero-order valence-electron chi connectivity index (χ0n) is 21.4. The maximum absolute atomic E-state index is 5.25. The van der Waals surface area contributed by atoms with E-state index in [0.29, 0.717) is 23.2 Å². The molecule has 0 radical (unpaired) electrons. The van der Waals surface area contributed by atoms with E-state index in [0.717, 1.165) is 33.6 Å². The molecule has 188 valence electrons. The number of aromatic nitrogens is 6. The van der Waals surface area contributed by atoms with Crippen LogP contribution in [-0.2, 0) is 0 Å². The van der Waals surface area contributed by atoms with Gasteiger partial charge in [0.25, 0.3) is 0 Å². The normalized spacial score (nSPS) is 11.5. The highest BCUT2D eigenvalue weighted by molar-refractivity contribution is 6.09. The van der Waals surface area contributed by atoms with Crippen molar-refractivity contribution in [1.29, 1.82) is 0 Å². The van der Waals surface area contributed by atoms with Gasteiger partial charge >= 0.3 is 0 Å². The van der Waals surface area contributed by atoms with E-state index in [1.807, 2.05) is 79.0 Å². The van der Waals surface area contributed by atoms with E-state index in [-0.39, 0.29) is 0 Å². The molecule has 4 aromatic carbocycles. The van der Waals surface area contributed by atoms with Crippen molar-refractivity contribution >= 4 is 27.3 Å². The zero-order chi connectivity index (χ0) is 26.5. The Labute approximate surface area is 229 Å². The minimum atomic E-state index is 0.531. The zero-order valence-corrected chi connectivity index (χ0v) is 21.4. The Balaban J connectivity index is 1.43. The second-order valence-corrected chi connectivity index (χ2v) is 9.62. The molecule has 0 fully saturated rings. The van der Waals surface area contributed by atoms with Gasteiger partial charge in [-0.05, 0) is 24.3 Å². The van der Waals surface area contributed by atoms with Crippen molar-refractivity contribution in [3.05, 3.63) is 134 Å². The molecule has 4 heterocycles. The van der Waals surface area contributed by atoms with E-state index >= 15 is 0 Å². The predicted octanol–water partition coefficient (Wildman–Crippen LogP) is 7.62. The number of pyridine rings is 1. The summed E-state index contributed by atoms with van der Waals surface area (Å²) < 4.78 is 4.33. The Hall–Kier alpha value is -5.62. The van der Waals surface area contributed by atoms with Crippen LogP contribution in [0.2, 0.25) is 0 Å². The molecule has 0 spiro atoms. The SMILES string of the molecule is c1ccc(-c2nc(-c3ccccc3)nc(-c3nc(-n4c5ccccc5c5ccccc54)n4ccccc34)n2)cc1. The average Bonchev–Trinajstić information content (AvgIpc) is 3.58. The molecule has 6 nitrogen and oxygen atoms in total. The number of benzene rings is 4. The van der Waals surface area contributed by atoms with Gasteiger partial charge in [0, 0.05) is 28.1 Å². The lowest BCUT2D eigenvalue weighted by molar-refractivity contribution is 0.980. The highest BCUT2D eigenvalue weighted by Crippen LogP contribution is 2.34.